The number of nitrogens with one attached hydrogen (secondary N) is 1. The Balaban J connectivity index is 2.01. The van der Waals surface area contributed by atoms with Crippen LogP contribution in [0, 0.1) is 4.77 Å². The fourth-order valence-electron chi connectivity index (χ4n) is 2.65. The molecule has 0 fully saturated rings. The number of rotatable bonds is 1. The molecular weight excluding hydrogens is 460 g/mol. The lowest BCUT2D eigenvalue weighted by molar-refractivity contribution is 0.171. The van der Waals surface area contributed by atoms with Crippen LogP contribution in [0.1, 0.15) is 0 Å². The van der Waals surface area contributed by atoms with E-state index in [0.717, 1.165) is 8.95 Å². The number of H-pyrrole nitrogens is 1. The van der Waals surface area contributed by atoms with E-state index in [2.05, 4.69) is 36.8 Å². The summed E-state index contributed by atoms with van der Waals surface area (Å²) in [5, 5.41) is 0.528. The van der Waals surface area contributed by atoms with Gasteiger partial charge in [-0.15, -0.1) is 0 Å². The maximum Gasteiger partial charge on any atom is 0.266 e. The van der Waals surface area contributed by atoms with E-state index in [-0.39, 0.29) is 5.56 Å². The van der Waals surface area contributed by atoms with Crippen LogP contribution in [0.3, 0.4) is 0 Å². The van der Waals surface area contributed by atoms with E-state index in [1.54, 1.807) is 24.3 Å². The molecule has 4 rings (SSSR count). The Bertz CT molecular complexity index is 1090. The third-order valence-electron chi connectivity index (χ3n) is 3.71. The van der Waals surface area contributed by atoms with Crippen LogP contribution in [0.25, 0.3) is 16.6 Å². The van der Waals surface area contributed by atoms with Crippen molar-refractivity contribution in [3.8, 4) is 17.2 Å². The normalized spacial score (nSPS) is 13.2. The number of aromatic nitrogens is 2. The van der Waals surface area contributed by atoms with Gasteiger partial charge in [0.15, 0.2) is 16.3 Å². The number of hydrogen-bond donors (Lipinski definition) is 1. The minimum absolute atomic E-state index is 0.201. The third-order valence-corrected chi connectivity index (χ3v) is 5.08. The van der Waals surface area contributed by atoms with Gasteiger partial charge >= 0.3 is 0 Å². The number of fused-ring (bicyclic) bond motifs is 2. The van der Waals surface area contributed by atoms with Crippen molar-refractivity contribution in [3.63, 3.8) is 0 Å². The number of nitrogens with zero attached hydrogens (tertiary/aromatic N) is 1. The van der Waals surface area contributed by atoms with Gasteiger partial charge in [0.05, 0.1) is 16.6 Å². The summed E-state index contributed by atoms with van der Waals surface area (Å²) < 4.78 is 14.4. The van der Waals surface area contributed by atoms with E-state index in [4.69, 9.17) is 21.7 Å². The van der Waals surface area contributed by atoms with Gasteiger partial charge in [-0.3, -0.25) is 9.36 Å². The minimum atomic E-state index is -0.201. The van der Waals surface area contributed by atoms with Crippen LogP contribution in [0.5, 0.6) is 11.5 Å². The second-order valence-corrected chi connectivity index (χ2v) is 7.37. The quantitative estimate of drug-likeness (QED) is 0.538. The van der Waals surface area contributed by atoms with Crippen molar-refractivity contribution in [1.82, 2.24) is 9.55 Å². The lowest BCUT2D eigenvalue weighted by Gasteiger charge is -2.19. The Kier molecular flexibility index (Phi) is 3.98. The topological polar surface area (TPSA) is 56.2 Å². The summed E-state index contributed by atoms with van der Waals surface area (Å²) in [5.74, 6) is 1.27. The molecule has 0 amide bonds. The average molecular weight is 470 g/mol. The van der Waals surface area contributed by atoms with Crippen LogP contribution < -0.4 is 15.0 Å². The molecule has 1 aromatic heterocycles. The van der Waals surface area contributed by atoms with Gasteiger partial charge in [-0.25, -0.2) is 0 Å². The summed E-state index contributed by atoms with van der Waals surface area (Å²) in [4.78, 5) is 16.1. The third kappa shape index (κ3) is 2.58. The molecule has 0 atom stereocenters. The van der Waals surface area contributed by atoms with Crippen molar-refractivity contribution in [2.75, 3.05) is 13.2 Å². The molecule has 2 heterocycles. The molecule has 0 bridgehead atoms. The molecular formula is C16H10Br2N2O3S. The Morgan fingerprint density at radius 2 is 1.83 bits per heavy atom. The molecule has 0 unspecified atom stereocenters. The molecule has 1 aliphatic rings. The van der Waals surface area contributed by atoms with Crippen LogP contribution in [-0.4, -0.2) is 22.8 Å². The highest BCUT2D eigenvalue weighted by molar-refractivity contribution is 9.11. The summed E-state index contributed by atoms with van der Waals surface area (Å²) in [6.45, 7) is 1.00. The largest absolute Gasteiger partial charge is 0.486 e. The van der Waals surface area contributed by atoms with Gasteiger partial charge < -0.3 is 14.5 Å². The van der Waals surface area contributed by atoms with Crippen LogP contribution in [0.4, 0.5) is 0 Å². The van der Waals surface area contributed by atoms with Crippen molar-refractivity contribution in [2.24, 2.45) is 0 Å². The van der Waals surface area contributed by atoms with Gasteiger partial charge in [0, 0.05) is 15.0 Å². The second-order valence-electron chi connectivity index (χ2n) is 5.21. The standard InChI is InChI=1S/C16H10Br2N2O3S/c17-8-5-10-14(11(18)6-8)19-16(24)20(15(10)21)9-1-2-12-13(7-9)23-4-3-22-12/h1-2,5-7H,3-4H2,(H,19,24). The molecule has 0 saturated carbocycles. The van der Waals surface area contributed by atoms with E-state index < -0.39 is 0 Å². The van der Waals surface area contributed by atoms with Crippen LogP contribution >= 0.6 is 44.1 Å². The monoisotopic (exact) mass is 468 g/mol. The van der Waals surface area contributed by atoms with Gasteiger partial charge in [0.2, 0.25) is 0 Å². The van der Waals surface area contributed by atoms with Gasteiger partial charge in [-0.2, -0.15) is 0 Å². The zero-order valence-corrected chi connectivity index (χ0v) is 16.1. The second kappa shape index (κ2) is 6.02. The number of halogens is 2. The molecule has 24 heavy (non-hydrogen) atoms. The summed E-state index contributed by atoms with van der Waals surface area (Å²) in [6, 6.07) is 8.96. The minimum Gasteiger partial charge on any atom is -0.486 e. The zero-order valence-electron chi connectivity index (χ0n) is 12.1. The fraction of sp³-hybridized carbons (Fsp3) is 0.125. The molecule has 2 aromatic carbocycles. The molecule has 0 spiro atoms. The first-order chi connectivity index (χ1) is 11.5. The first kappa shape index (κ1) is 15.9. The maximum atomic E-state index is 13.0. The van der Waals surface area contributed by atoms with Gasteiger partial charge in [0.25, 0.3) is 5.56 Å². The molecule has 122 valence electrons. The summed E-state index contributed by atoms with van der Waals surface area (Å²) >= 11 is 12.3. The average Bonchev–Trinajstić information content (AvgIpc) is 2.56. The smallest absolute Gasteiger partial charge is 0.266 e. The molecule has 8 heteroatoms. The van der Waals surface area contributed by atoms with E-state index >= 15 is 0 Å². The van der Waals surface area contributed by atoms with Crippen LogP contribution in [-0.2, 0) is 0 Å². The molecule has 0 saturated heterocycles. The van der Waals surface area contributed by atoms with Gasteiger partial charge in [0.1, 0.15) is 13.2 Å². The number of ether oxygens (including phenoxy) is 2. The maximum absolute atomic E-state index is 13.0. The van der Waals surface area contributed by atoms with Crippen molar-refractivity contribution in [3.05, 3.63) is 54.4 Å². The van der Waals surface area contributed by atoms with E-state index in [9.17, 15) is 4.79 Å². The van der Waals surface area contributed by atoms with Crippen LogP contribution in [0.15, 0.2) is 44.1 Å². The van der Waals surface area contributed by atoms with Crippen molar-refractivity contribution in [2.45, 2.75) is 0 Å². The zero-order chi connectivity index (χ0) is 16.8. The SMILES string of the molecule is O=c1c2cc(Br)cc(Br)c2[nH]c(=S)n1-c1ccc2c(c1)OCCO2. The van der Waals surface area contributed by atoms with Crippen molar-refractivity contribution >= 4 is 55.0 Å². The Hall–Kier alpha value is -1.64. The molecule has 1 aliphatic heterocycles. The molecule has 1 N–H and O–H groups in total. The van der Waals surface area contributed by atoms with Crippen LogP contribution in [0.2, 0.25) is 0 Å². The number of aromatic amines is 1. The predicted molar refractivity (Wildman–Crippen MR) is 101 cm³/mol. The van der Waals surface area contributed by atoms with Crippen molar-refractivity contribution in [1.29, 1.82) is 0 Å². The Labute approximate surface area is 158 Å². The molecule has 0 radical (unpaired) electrons. The van der Waals surface area contributed by atoms with E-state index in [1.807, 2.05) is 6.07 Å². The number of hydrogen-bond acceptors (Lipinski definition) is 4. The lowest BCUT2D eigenvalue weighted by atomic mass is 10.2. The highest BCUT2D eigenvalue weighted by Crippen LogP contribution is 2.32. The summed E-state index contributed by atoms with van der Waals surface area (Å²) in [5.41, 5.74) is 1.10. The lowest BCUT2D eigenvalue weighted by Crippen LogP contribution is -2.21. The molecule has 3 aromatic rings. The van der Waals surface area contributed by atoms with E-state index in [0.29, 0.717) is 46.1 Å². The highest BCUT2D eigenvalue weighted by atomic mass is 79.9. The van der Waals surface area contributed by atoms with E-state index in [1.165, 1.54) is 4.57 Å². The van der Waals surface area contributed by atoms with Gasteiger partial charge in [-0.05, 0) is 52.4 Å². The van der Waals surface area contributed by atoms with Crippen molar-refractivity contribution < 1.29 is 9.47 Å². The highest BCUT2D eigenvalue weighted by Gasteiger charge is 2.15. The molecule has 0 aliphatic carbocycles. The summed E-state index contributed by atoms with van der Waals surface area (Å²) in [7, 11) is 0. The fourth-order valence-corrected chi connectivity index (χ4v) is 4.27. The first-order valence-electron chi connectivity index (χ1n) is 7.09. The Morgan fingerprint density at radius 1 is 1.08 bits per heavy atom. The Morgan fingerprint density at radius 3 is 2.62 bits per heavy atom. The summed E-state index contributed by atoms with van der Waals surface area (Å²) in [6.07, 6.45) is 0. The number of benzene rings is 2. The predicted octanol–water partition coefficient (Wildman–Crippen LogP) is 4.34. The molecule has 5 nitrogen and oxygen atoms in total. The van der Waals surface area contributed by atoms with Gasteiger partial charge in [-0.1, -0.05) is 15.9 Å². The first-order valence-corrected chi connectivity index (χ1v) is 9.08.